The van der Waals surface area contributed by atoms with Gasteiger partial charge in [-0.1, -0.05) is 332 Å². The second kappa shape index (κ2) is 27.3. The van der Waals surface area contributed by atoms with E-state index in [1.807, 2.05) is 0 Å². The molecule has 3 heterocycles. The first-order chi connectivity index (χ1) is 53.6. The fraction of sp³-hybridized carbons (Fsp3) is 0.151. The van der Waals surface area contributed by atoms with E-state index in [2.05, 4.69) is 448 Å². The number of hydrogen-bond donors (Lipinski definition) is 0. The van der Waals surface area contributed by atoms with Crippen molar-refractivity contribution in [1.29, 1.82) is 0 Å². The zero-order chi connectivity index (χ0) is 76.2. The second-order valence-electron chi connectivity index (χ2n) is 34.6. The SMILES string of the molecule is CC(C)(C)c1cc(-c2ccc3c(c2)N(c2c(-c4ccccc4)cc(C(C)(C)C)cc2-c2ccccc2)c2cc(-n4c5ccccc5c5cc(N(c6ccccc6)c6ccccc6)ccc54)cc4c2B3c2ccc(-c3ccccc3)cc2N4c2c(-c3ccccc3)cc(C(C)(C)C)cc2-c2ccccc2)cc(C(C)(C)C)c1. The Hall–Kier alpha value is -12.4. The summed E-state index contributed by atoms with van der Waals surface area (Å²) in [6, 6.07) is 131. The average Bonchev–Trinajstić information content (AvgIpc) is 1.21. The molecule has 0 saturated heterocycles. The van der Waals surface area contributed by atoms with Gasteiger partial charge in [-0.2, -0.15) is 0 Å². The average molecular weight is 1430 g/mol. The van der Waals surface area contributed by atoms with Crippen LogP contribution in [0.15, 0.2) is 346 Å². The zero-order valence-electron chi connectivity index (χ0n) is 65.8. The Morgan fingerprint density at radius 3 is 0.982 bits per heavy atom. The molecule has 1 aromatic heterocycles. The highest BCUT2D eigenvalue weighted by molar-refractivity contribution is 7.00. The van der Waals surface area contributed by atoms with E-state index in [-0.39, 0.29) is 28.4 Å². The lowest BCUT2D eigenvalue weighted by molar-refractivity contribution is 0.569. The largest absolute Gasteiger partial charge is 0.310 e. The van der Waals surface area contributed by atoms with E-state index in [0.717, 1.165) is 129 Å². The molecule has 2 aliphatic rings. The van der Waals surface area contributed by atoms with Gasteiger partial charge in [-0.3, -0.25) is 0 Å². The first-order valence-corrected chi connectivity index (χ1v) is 39.4. The number of nitrogens with zero attached hydrogens (tertiary/aromatic N) is 4. The number of aromatic nitrogens is 1. The summed E-state index contributed by atoms with van der Waals surface area (Å²) in [6.45, 7) is 28.0. The number of benzene rings is 15. The van der Waals surface area contributed by atoms with E-state index in [1.165, 1.54) is 55.2 Å². The molecule has 16 aromatic rings. The molecule has 18 rings (SSSR count). The normalized spacial score (nSPS) is 12.8. The number of para-hydroxylation sites is 3. The van der Waals surface area contributed by atoms with Gasteiger partial charge in [0.05, 0.1) is 28.1 Å². The summed E-state index contributed by atoms with van der Waals surface area (Å²) < 4.78 is 2.58. The quantitative estimate of drug-likeness (QED) is 0.113. The van der Waals surface area contributed by atoms with Crippen LogP contribution in [0.25, 0.3) is 94.3 Å². The predicted octanol–water partition coefficient (Wildman–Crippen LogP) is 27.5. The van der Waals surface area contributed by atoms with Crippen LogP contribution < -0.4 is 31.1 Å². The Labute approximate surface area is 656 Å². The van der Waals surface area contributed by atoms with Gasteiger partial charge in [0, 0.05) is 72.8 Å². The molecule has 0 N–H and O–H groups in total. The van der Waals surface area contributed by atoms with E-state index in [1.54, 1.807) is 0 Å². The molecule has 111 heavy (non-hydrogen) atoms. The van der Waals surface area contributed by atoms with Crippen molar-refractivity contribution in [3.05, 3.63) is 368 Å². The third-order valence-corrected chi connectivity index (χ3v) is 23.1. The number of fused-ring (bicyclic) bond motifs is 7. The van der Waals surface area contributed by atoms with Crippen molar-refractivity contribution in [2.24, 2.45) is 0 Å². The highest BCUT2D eigenvalue weighted by Crippen LogP contribution is 2.56. The lowest BCUT2D eigenvalue weighted by atomic mass is 9.33. The summed E-state index contributed by atoms with van der Waals surface area (Å²) in [4.78, 5) is 7.86. The smallest absolute Gasteiger partial charge is 0.252 e. The van der Waals surface area contributed by atoms with E-state index < -0.39 is 0 Å². The first kappa shape index (κ1) is 70.3. The molecule has 0 spiro atoms. The summed E-state index contributed by atoms with van der Waals surface area (Å²) in [5.41, 5.74) is 35.2. The molecular weight excluding hydrogens is 1340 g/mol. The van der Waals surface area contributed by atoms with Crippen LogP contribution >= 0.6 is 0 Å². The zero-order valence-corrected chi connectivity index (χ0v) is 65.8. The summed E-state index contributed by atoms with van der Waals surface area (Å²) >= 11 is 0. The highest BCUT2D eigenvalue weighted by Gasteiger charge is 2.46. The predicted molar refractivity (Wildman–Crippen MR) is 477 cm³/mol. The molecule has 15 aromatic carbocycles. The molecule has 0 aliphatic carbocycles. The van der Waals surface area contributed by atoms with Gasteiger partial charge in [0.25, 0.3) is 6.71 Å². The van der Waals surface area contributed by atoms with Crippen LogP contribution in [0.2, 0.25) is 0 Å². The Kier molecular flexibility index (Phi) is 17.3. The molecule has 540 valence electrons. The van der Waals surface area contributed by atoms with Gasteiger partial charge in [-0.15, -0.1) is 0 Å². The van der Waals surface area contributed by atoms with Gasteiger partial charge in [0.2, 0.25) is 0 Å². The van der Waals surface area contributed by atoms with Crippen LogP contribution in [0, 0.1) is 0 Å². The molecular formula is C106H93BN4. The summed E-state index contributed by atoms with van der Waals surface area (Å²) in [6.07, 6.45) is 0. The van der Waals surface area contributed by atoms with E-state index in [4.69, 9.17) is 0 Å². The van der Waals surface area contributed by atoms with E-state index in [9.17, 15) is 0 Å². The molecule has 0 unspecified atom stereocenters. The molecule has 0 radical (unpaired) electrons. The summed E-state index contributed by atoms with van der Waals surface area (Å²) in [5.74, 6) is 0. The molecule has 0 saturated carbocycles. The minimum atomic E-state index is -0.266. The number of anilines is 9. The summed E-state index contributed by atoms with van der Waals surface area (Å²) in [5, 5.41) is 2.32. The van der Waals surface area contributed by atoms with Crippen molar-refractivity contribution in [3.8, 4) is 72.4 Å². The highest BCUT2D eigenvalue weighted by atomic mass is 15.2. The molecule has 0 fully saturated rings. The topological polar surface area (TPSA) is 14.7 Å². The van der Waals surface area contributed by atoms with Crippen molar-refractivity contribution >= 4 is 96.1 Å². The van der Waals surface area contributed by atoms with E-state index in [0.29, 0.717) is 0 Å². The van der Waals surface area contributed by atoms with Gasteiger partial charge in [0.1, 0.15) is 0 Å². The lowest BCUT2D eigenvalue weighted by Gasteiger charge is -2.46. The maximum Gasteiger partial charge on any atom is 0.252 e. The molecule has 0 bridgehead atoms. The first-order valence-electron chi connectivity index (χ1n) is 39.4. The van der Waals surface area contributed by atoms with Gasteiger partial charge in [-0.05, 0) is 202 Å². The Balaban J connectivity index is 1.05. The van der Waals surface area contributed by atoms with E-state index >= 15 is 0 Å². The van der Waals surface area contributed by atoms with Crippen LogP contribution in [0.1, 0.15) is 105 Å². The Morgan fingerprint density at radius 2 is 0.586 bits per heavy atom. The Bertz CT molecular complexity index is 6020. The van der Waals surface area contributed by atoms with Crippen molar-refractivity contribution in [2.45, 2.75) is 105 Å². The Morgan fingerprint density at radius 1 is 0.243 bits per heavy atom. The molecule has 4 nitrogen and oxygen atoms in total. The van der Waals surface area contributed by atoms with Gasteiger partial charge in [0.15, 0.2) is 0 Å². The van der Waals surface area contributed by atoms with Crippen molar-refractivity contribution in [2.75, 3.05) is 14.7 Å². The van der Waals surface area contributed by atoms with Crippen LogP contribution in [0.4, 0.5) is 51.2 Å². The number of rotatable bonds is 12. The molecule has 0 amide bonds. The van der Waals surface area contributed by atoms with Crippen LogP contribution in [-0.2, 0) is 21.7 Å². The van der Waals surface area contributed by atoms with Crippen molar-refractivity contribution in [1.82, 2.24) is 4.57 Å². The fourth-order valence-corrected chi connectivity index (χ4v) is 17.2. The van der Waals surface area contributed by atoms with Crippen LogP contribution in [-0.4, -0.2) is 11.3 Å². The van der Waals surface area contributed by atoms with Crippen molar-refractivity contribution in [3.63, 3.8) is 0 Å². The summed E-state index contributed by atoms with van der Waals surface area (Å²) in [7, 11) is 0. The number of hydrogen-bond acceptors (Lipinski definition) is 3. The minimum absolute atomic E-state index is 0.117. The third-order valence-electron chi connectivity index (χ3n) is 23.1. The maximum atomic E-state index is 2.75. The maximum absolute atomic E-state index is 2.75. The monoisotopic (exact) mass is 1430 g/mol. The minimum Gasteiger partial charge on any atom is -0.310 e. The second-order valence-corrected chi connectivity index (χ2v) is 34.6. The van der Waals surface area contributed by atoms with Crippen molar-refractivity contribution < 1.29 is 0 Å². The van der Waals surface area contributed by atoms with Gasteiger partial charge >= 0.3 is 0 Å². The standard InChI is InChI=1S/C106H93BN4/c1-103(2,3)78-58-77(59-79(62-78)104(4,5)6)76-53-56-93-97(61-76)111(102-89(73-42-26-16-27-43-73)65-81(106(10,11)12)66-90(102)74-44-28-17-29-45-74)99-69-85(109-94-51-35-34-50-86(94)91-67-84(54-57-95(91)109)108(82-46-30-18-31-47-82)83-48-32-19-33-49-83)68-98-100(99)107(93)92-55-52-75(70-36-20-13-21-37-70)60-96(92)110(98)101-87(71-38-22-14-23-39-71)63-80(105(7,8)9)64-88(101)72-40-24-15-25-41-72/h13-69H,1-12H3. The molecule has 5 heteroatoms. The van der Waals surface area contributed by atoms with Crippen LogP contribution in [0.5, 0.6) is 0 Å². The van der Waals surface area contributed by atoms with Gasteiger partial charge < -0.3 is 19.3 Å². The molecule has 0 atom stereocenters. The fourth-order valence-electron chi connectivity index (χ4n) is 17.2. The lowest BCUT2D eigenvalue weighted by Crippen LogP contribution is -2.61. The third kappa shape index (κ3) is 12.6. The molecule has 2 aliphatic heterocycles. The van der Waals surface area contributed by atoms with Gasteiger partial charge in [-0.25, -0.2) is 0 Å². The van der Waals surface area contributed by atoms with Crippen LogP contribution in [0.3, 0.4) is 0 Å².